The molecule has 0 unspecified atom stereocenters. The zero-order chi connectivity index (χ0) is 36.7. The number of para-hydroxylation sites is 5. The van der Waals surface area contributed by atoms with Gasteiger partial charge in [0.1, 0.15) is 11.2 Å². The molecule has 0 N–H and O–H groups in total. The van der Waals surface area contributed by atoms with Crippen LogP contribution < -0.4 is 16.3 Å². The van der Waals surface area contributed by atoms with Gasteiger partial charge in [0.25, 0.3) is 0 Å². The predicted octanol–water partition coefficient (Wildman–Crippen LogP) is 11.5. The van der Waals surface area contributed by atoms with Gasteiger partial charge in [-0.25, -0.2) is 0 Å². The normalized spacial score (nSPS) is 10.7. The van der Waals surface area contributed by atoms with E-state index in [1.165, 1.54) is 0 Å². The first-order chi connectivity index (χ1) is 26.1. The van der Waals surface area contributed by atoms with Crippen molar-refractivity contribution in [2.45, 2.75) is 13.8 Å². The highest BCUT2D eigenvalue weighted by Crippen LogP contribution is 2.25. The summed E-state index contributed by atoms with van der Waals surface area (Å²) in [5.74, 6) is 0. The summed E-state index contributed by atoms with van der Waals surface area (Å²) in [5.41, 5.74) is 4.48. The average Bonchev–Trinajstić information content (AvgIpc) is 3.23. The molecule has 0 fully saturated rings. The van der Waals surface area contributed by atoms with Crippen LogP contribution in [-0.2, 0) is 0 Å². The average molecular weight is 710 g/mol. The van der Waals surface area contributed by atoms with Gasteiger partial charge < -0.3 is 8.98 Å². The predicted molar refractivity (Wildman–Crippen MR) is 224 cm³/mol. The van der Waals surface area contributed by atoms with Crippen LogP contribution >= 0.6 is 11.3 Å². The van der Waals surface area contributed by atoms with Gasteiger partial charge in [0.15, 0.2) is 10.9 Å². The lowest BCUT2D eigenvalue weighted by molar-refractivity contribution is 0.660. The Hall–Kier alpha value is -6.63. The highest BCUT2D eigenvalue weighted by atomic mass is 32.1. The molecule has 0 bridgehead atoms. The number of fused-ring (bicyclic) bond motifs is 6. The van der Waals surface area contributed by atoms with E-state index in [0.717, 1.165) is 47.7 Å². The zero-order valence-electron chi connectivity index (χ0n) is 29.2. The first-order valence-corrected chi connectivity index (χ1v) is 18.3. The van der Waals surface area contributed by atoms with Crippen molar-refractivity contribution in [1.29, 1.82) is 0 Å². The van der Waals surface area contributed by atoms with Crippen molar-refractivity contribution < 1.29 is 4.42 Å². The number of rotatable bonds is 1. The highest BCUT2D eigenvalue weighted by Gasteiger charge is 2.11. The van der Waals surface area contributed by atoms with Gasteiger partial charge in [-0.05, 0) is 84.9 Å². The molecule has 0 aliphatic heterocycles. The number of nitrogens with zero attached hydrogens (tertiary/aromatic N) is 1. The van der Waals surface area contributed by atoms with E-state index in [0.29, 0.717) is 21.9 Å². The van der Waals surface area contributed by atoms with E-state index in [1.54, 1.807) is 23.5 Å². The Morgan fingerprint density at radius 1 is 0.377 bits per heavy atom. The number of hydrogen-bond donors (Lipinski definition) is 0. The van der Waals surface area contributed by atoms with E-state index in [1.807, 2.05) is 166 Å². The smallest absolute Gasteiger partial charge is 0.200 e. The Kier molecular flexibility index (Phi) is 10.3. The molecule has 0 spiro atoms. The summed E-state index contributed by atoms with van der Waals surface area (Å²) in [6.45, 7) is 4.00. The quantitative estimate of drug-likeness (QED) is 0.159. The van der Waals surface area contributed by atoms with Crippen LogP contribution in [0.25, 0.3) is 69.6 Å². The maximum Gasteiger partial charge on any atom is 0.200 e. The zero-order valence-corrected chi connectivity index (χ0v) is 30.0. The van der Waals surface area contributed by atoms with Crippen LogP contribution in [0.5, 0.6) is 0 Å². The van der Waals surface area contributed by atoms with Gasteiger partial charge in [-0.15, -0.1) is 11.3 Å². The molecule has 0 aliphatic carbocycles. The molecule has 0 saturated heterocycles. The molecule has 7 aromatic carbocycles. The molecule has 0 saturated carbocycles. The lowest BCUT2D eigenvalue weighted by atomic mass is 10.1. The fourth-order valence-electron chi connectivity index (χ4n) is 6.35. The summed E-state index contributed by atoms with van der Waals surface area (Å²) in [5, 5.41) is 4.41. The summed E-state index contributed by atoms with van der Waals surface area (Å²) < 4.78 is 9.89. The maximum absolute atomic E-state index is 12.7. The summed E-state index contributed by atoms with van der Waals surface area (Å²) in [6, 6.07) is 55.8. The molecule has 6 heteroatoms. The number of hydrogen-bond acceptors (Lipinski definition) is 5. The highest BCUT2D eigenvalue weighted by molar-refractivity contribution is 7.24. The van der Waals surface area contributed by atoms with Crippen molar-refractivity contribution in [2.24, 2.45) is 0 Å². The van der Waals surface area contributed by atoms with Crippen LogP contribution in [0.3, 0.4) is 0 Å². The second-order valence-electron chi connectivity index (χ2n) is 11.9. The molecule has 0 radical (unpaired) electrons. The van der Waals surface area contributed by atoms with Crippen molar-refractivity contribution in [3.63, 3.8) is 0 Å². The fraction of sp³-hybridized carbons (Fsp3) is 0.0426. The molecule has 0 amide bonds. The minimum atomic E-state index is 0.0347. The Balaban J connectivity index is 0.000000123. The van der Waals surface area contributed by atoms with Crippen LogP contribution in [0, 0.1) is 0 Å². The largest absolute Gasteiger partial charge is 0.456 e. The molecule has 53 heavy (non-hydrogen) atoms. The number of pyridine rings is 1. The van der Waals surface area contributed by atoms with Crippen LogP contribution in [0.1, 0.15) is 13.8 Å². The first kappa shape index (κ1) is 34.8. The van der Waals surface area contributed by atoms with Gasteiger partial charge in [-0.2, -0.15) is 0 Å². The van der Waals surface area contributed by atoms with Crippen LogP contribution in [0.2, 0.25) is 0 Å². The third-order valence-corrected chi connectivity index (χ3v) is 9.91. The van der Waals surface area contributed by atoms with E-state index in [4.69, 9.17) is 4.42 Å². The van der Waals surface area contributed by atoms with E-state index in [9.17, 15) is 14.4 Å². The van der Waals surface area contributed by atoms with E-state index >= 15 is 0 Å². The lowest BCUT2D eigenvalue weighted by Gasteiger charge is -2.15. The molecule has 10 rings (SSSR count). The van der Waals surface area contributed by atoms with Gasteiger partial charge in [-0.3, -0.25) is 14.4 Å². The molecule has 3 aromatic heterocycles. The van der Waals surface area contributed by atoms with E-state index in [-0.39, 0.29) is 16.3 Å². The second-order valence-corrected chi connectivity index (χ2v) is 13.0. The summed E-state index contributed by atoms with van der Waals surface area (Å²) in [7, 11) is 0. The first-order valence-electron chi connectivity index (χ1n) is 17.5. The van der Waals surface area contributed by atoms with Crippen LogP contribution in [0.15, 0.2) is 195 Å². The standard InChI is InChI=1S/C19H13NO.C13H8O2.C13H8OS.C2H6/c21-19-15-10-4-6-12-17(15)20(14-8-2-1-3-9-14)18-13-7-5-11-16(18)19;2*14-13-9-5-1-3-7-11(9)15-12-8-4-2-6-10(12)13;1-2/h1-13H;2*1-8H;1-2H3. The Morgan fingerprint density at radius 2 is 0.717 bits per heavy atom. The van der Waals surface area contributed by atoms with E-state index in [2.05, 4.69) is 16.7 Å². The minimum absolute atomic E-state index is 0.0347. The van der Waals surface area contributed by atoms with Crippen molar-refractivity contribution >= 4 is 75.3 Å². The lowest BCUT2D eigenvalue weighted by Crippen LogP contribution is -2.10. The third kappa shape index (κ3) is 6.88. The fourth-order valence-corrected chi connectivity index (χ4v) is 7.42. The summed E-state index contributed by atoms with van der Waals surface area (Å²) in [6.07, 6.45) is 0. The number of aromatic nitrogens is 1. The third-order valence-electron chi connectivity index (χ3n) is 8.76. The van der Waals surface area contributed by atoms with Crippen molar-refractivity contribution in [1.82, 2.24) is 4.57 Å². The summed E-state index contributed by atoms with van der Waals surface area (Å²) >= 11 is 1.67. The molecular weight excluding hydrogens is 675 g/mol. The summed E-state index contributed by atoms with van der Waals surface area (Å²) in [4.78, 5) is 36.8. The van der Waals surface area contributed by atoms with Gasteiger partial charge in [0.05, 0.1) is 21.8 Å². The van der Waals surface area contributed by atoms with Crippen LogP contribution in [-0.4, -0.2) is 4.57 Å². The SMILES string of the molecule is CC.O=c1c2ccccc2n(-c2ccccc2)c2ccccc12.O=c1c2ccccc2oc2ccccc12.O=c1c2ccccc2sc2ccccc12. The molecule has 5 nitrogen and oxygen atoms in total. The molecule has 10 aromatic rings. The van der Waals surface area contributed by atoms with Gasteiger partial charge in [0.2, 0.25) is 5.43 Å². The molecule has 0 aliphatic rings. The van der Waals surface area contributed by atoms with Gasteiger partial charge >= 0.3 is 0 Å². The molecule has 258 valence electrons. The second kappa shape index (κ2) is 15.7. The van der Waals surface area contributed by atoms with Crippen molar-refractivity contribution in [2.75, 3.05) is 0 Å². The molecular formula is C47H35NO4S. The topological polar surface area (TPSA) is 69.3 Å². The van der Waals surface area contributed by atoms with Crippen molar-refractivity contribution in [3.8, 4) is 5.69 Å². The molecule has 0 atom stereocenters. The molecule has 3 heterocycles. The van der Waals surface area contributed by atoms with Crippen LogP contribution in [0.4, 0.5) is 0 Å². The number of benzene rings is 7. The maximum atomic E-state index is 12.7. The Labute approximate surface area is 309 Å². The van der Waals surface area contributed by atoms with Gasteiger partial charge in [0, 0.05) is 36.6 Å². The van der Waals surface area contributed by atoms with Crippen molar-refractivity contribution in [3.05, 3.63) is 207 Å². The Morgan fingerprint density at radius 3 is 1.21 bits per heavy atom. The van der Waals surface area contributed by atoms with E-state index < -0.39 is 0 Å². The monoisotopic (exact) mass is 709 g/mol. The van der Waals surface area contributed by atoms with Gasteiger partial charge in [-0.1, -0.05) is 105 Å². The Bertz CT molecular complexity index is 2750. The minimum Gasteiger partial charge on any atom is -0.456 e.